The first-order valence-electron chi connectivity index (χ1n) is 16.7. The smallest absolute Gasteiger partial charge is 0.319 e. The number of ether oxygens (including phenoxy) is 5. The summed E-state index contributed by atoms with van der Waals surface area (Å²) in [6.07, 6.45) is -0.546. The van der Waals surface area contributed by atoms with Gasteiger partial charge in [0, 0.05) is 70.8 Å². The van der Waals surface area contributed by atoms with Crippen molar-refractivity contribution in [1.82, 2.24) is 19.6 Å². The van der Waals surface area contributed by atoms with Gasteiger partial charge in [-0.15, -0.1) is 0 Å². The van der Waals surface area contributed by atoms with Crippen LogP contribution in [-0.2, 0) is 33.3 Å². The van der Waals surface area contributed by atoms with Gasteiger partial charge in [0.25, 0.3) is 0 Å². The summed E-state index contributed by atoms with van der Waals surface area (Å²) in [6, 6.07) is 0.561. The van der Waals surface area contributed by atoms with Gasteiger partial charge in [-0.3, -0.25) is 24.3 Å². The van der Waals surface area contributed by atoms with Gasteiger partial charge >= 0.3 is 5.97 Å². The number of rotatable bonds is 5. The molecule has 44 heavy (non-hydrogen) atoms. The fourth-order valence-corrected chi connectivity index (χ4v) is 7.65. The van der Waals surface area contributed by atoms with Crippen LogP contribution in [0.1, 0.15) is 61.3 Å². The maximum Gasteiger partial charge on any atom is 0.319 e. The number of hydrogen-bond donors (Lipinski definition) is 0. The molecular weight excluding hydrogens is 564 g/mol. The number of carbonyl (C=O) groups is 2. The van der Waals surface area contributed by atoms with Crippen LogP contribution in [-0.4, -0.2) is 154 Å². The van der Waals surface area contributed by atoms with Crippen LogP contribution in [0.2, 0.25) is 0 Å². The fourth-order valence-electron chi connectivity index (χ4n) is 7.65. The van der Waals surface area contributed by atoms with Gasteiger partial charge in [-0.2, -0.15) is 0 Å². The number of hydrogen-bond acceptors (Lipinski definition) is 11. The molecule has 0 bridgehead atoms. The minimum atomic E-state index is -1.38. The Kier molecular flexibility index (Phi) is 11.6. The van der Waals surface area contributed by atoms with Crippen LogP contribution in [0, 0.1) is 17.3 Å². The molecule has 254 valence electrons. The molecule has 0 N–H and O–H groups in total. The zero-order valence-corrected chi connectivity index (χ0v) is 29.2. The lowest BCUT2D eigenvalue weighted by molar-refractivity contribution is -0.424. The number of Topliss-reactive ketones (excluding diaryl/α,β-unsaturated/α-hetero) is 1. The van der Waals surface area contributed by atoms with Crippen molar-refractivity contribution in [2.24, 2.45) is 17.3 Å². The highest BCUT2D eigenvalue weighted by atomic mass is 16.8. The van der Waals surface area contributed by atoms with Crippen molar-refractivity contribution < 1.29 is 33.3 Å². The second-order valence-electron chi connectivity index (χ2n) is 14.9. The predicted molar refractivity (Wildman–Crippen MR) is 168 cm³/mol. The number of ketones is 1. The maximum atomic E-state index is 14.2. The molecule has 9 atom stereocenters. The second-order valence-corrected chi connectivity index (χ2v) is 14.9. The molecule has 0 unspecified atom stereocenters. The molecule has 0 spiro atoms. The lowest BCUT2D eigenvalue weighted by atomic mass is 9.76. The Labute approximate surface area is 265 Å². The van der Waals surface area contributed by atoms with E-state index in [2.05, 4.69) is 47.4 Å². The van der Waals surface area contributed by atoms with Crippen LogP contribution >= 0.6 is 0 Å². The third-order valence-corrected chi connectivity index (χ3v) is 10.5. The topological polar surface area (TPSA) is 93.2 Å². The largest absolute Gasteiger partial charge is 0.463 e. The Bertz CT molecular complexity index is 987. The van der Waals surface area contributed by atoms with E-state index in [9.17, 15) is 9.59 Å². The molecule has 0 aromatic carbocycles. The molecule has 0 aromatic heterocycles. The van der Waals surface area contributed by atoms with Gasteiger partial charge in [-0.25, -0.2) is 0 Å². The second kappa shape index (κ2) is 14.3. The standard InChI is InChI=1S/C33H60N4O7/c1-21(2)37-14-12-36(13-15-37)19-25-20-41-31(39)32(6,7)28(38)24(5)29-33(40-11,17-22(3)18-35(25)10)44-27-26(34(8)9)16-23(4)42-30(27)43-29/h21-27,29-30H,12-20H2,1-11H3/t22-,23-,24+,25+,26+,27-,29-,30+,33+/m1/s1. The summed E-state index contributed by atoms with van der Waals surface area (Å²) in [5, 5.41) is 0. The van der Waals surface area contributed by atoms with Gasteiger partial charge in [-0.1, -0.05) is 13.8 Å². The van der Waals surface area contributed by atoms with E-state index in [0.717, 1.165) is 45.7 Å². The summed E-state index contributed by atoms with van der Waals surface area (Å²) in [5.74, 6) is -2.57. The van der Waals surface area contributed by atoms with Crippen LogP contribution in [0.15, 0.2) is 0 Å². The van der Waals surface area contributed by atoms with E-state index in [1.807, 2.05) is 27.9 Å². The monoisotopic (exact) mass is 624 g/mol. The molecule has 4 saturated heterocycles. The summed E-state index contributed by atoms with van der Waals surface area (Å²) in [7, 11) is 7.82. The zero-order chi connectivity index (χ0) is 32.6. The molecule has 4 aliphatic heterocycles. The van der Waals surface area contributed by atoms with Gasteiger partial charge in [0.05, 0.1) is 12.1 Å². The Morgan fingerprint density at radius 3 is 2.30 bits per heavy atom. The maximum absolute atomic E-state index is 14.2. The highest BCUT2D eigenvalue weighted by Crippen LogP contribution is 2.44. The van der Waals surface area contributed by atoms with Gasteiger partial charge < -0.3 is 28.6 Å². The van der Waals surface area contributed by atoms with Gasteiger partial charge in [0.1, 0.15) is 24.2 Å². The van der Waals surface area contributed by atoms with Gasteiger partial charge in [0.15, 0.2) is 17.9 Å². The van der Waals surface area contributed by atoms with Crippen molar-refractivity contribution in [2.45, 2.75) is 110 Å². The van der Waals surface area contributed by atoms with E-state index in [0.29, 0.717) is 12.5 Å². The number of likely N-dealkylation sites (N-methyl/N-ethyl adjacent to an activating group) is 2. The molecule has 4 aliphatic rings. The number of fused-ring (bicyclic) bond motifs is 2. The van der Waals surface area contributed by atoms with E-state index in [1.54, 1.807) is 21.0 Å². The SMILES string of the molecule is CO[C@]12C[C@@H](C)CN(C)[C@@H](CN3CCN(C(C)C)CC3)COC(=O)C(C)(C)C(=O)[C@H](C)[C@H]1O[C@@H]1O[C@H](C)C[C@H](N(C)C)[C@H]1O2. The number of esters is 1. The molecule has 0 aliphatic carbocycles. The van der Waals surface area contributed by atoms with E-state index in [4.69, 9.17) is 23.7 Å². The van der Waals surface area contributed by atoms with Crippen molar-refractivity contribution in [3.05, 3.63) is 0 Å². The Morgan fingerprint density at radius 2 is 1.70 bits per heavy atom. The highest BCUT2D eigenvalue weighted by molar-refractivity contribution is 6.04. The zero-order valence-electron chi connectivity index (χ0n) is 29.2. The molecule has 0 saturated carbocycles. The first-order valence-corrected chi connectivity index (χ1v) is 16.7. The van der Waals surface area contributed by atoms with Crippen molar-refractivity contribution in [3.63, 3.8) is 0 Å². The molecular formula is C33H60N4O7. The molecule has 11 nitrogen and oxygen atoms in total. The van der Waals surface area contributed by atoms with E-state index < -0.39 is 41.6 Å². The van der Waals surface area contributed by atoms with Crippen molar-refractivity contribution in [1.29, 1.82) is 0 Å². The summed E-state index contributed by atoms with van der Waals surface area (Å²) in [5.41, 5.74) is -1.38. The number of piperazine rings is 1. The molecule has 4 rings (SSSR count). The molecule has 11 heteroatoms. The van der Waals surface area contributed by atoms with E-state index in [1.165, 1.54) is 0 Å². The van der Waals surface area contributed by atoms with Crippen LogP contribution in [0.3, 0.4) is 0 Å². The quantitative estimate of drug-likeness (QED) is 0.333. The first-order chi connectivity index (χ1) is 20.6. The van der Waals surface area contributed by atoms with Crippen LogP contribution in [0.4, 0.5) is 0 Å². The van der Waals surface area contributed by atoms with Crippen molar-refractivity contribution >= 4 is 11.8 Å². The van der Waals surface area contributed by atoms with E-state index in [-0.39, 0.29) is 36.5 Å². The van der Waals surface area contributed by atoms with Crippen LogP contribution in [0.5, 0.6) is 0 Å². The third kappa shape index (κ3) is 7.51. The normalized spacial score (nSPS) is 40.5. The average molecular weight is 625 g/mol. The minimum absolute atomic E-state index is 0.0235. The number of cyclic esters (lactones) is 1. The lowest BCUT2D eigenvalue weighted by Crippen LogP contribution is -2.69. The minimum Gasteiger partial charge on any atom is -0.463 e. The summed E-state index contributed by atoms with van der Waals surface area (Å²) >= 11 is 0. The Morgan fingerprint density at radius 1 is 1.05 bits per heavy atom. The molecule has 4 fully saturated rings. The molecule has 0 radical (unpaired) electrons. The average Bonchev–Trinajstić information content (AvgIpc) is 2.97. The predicted octanol–water partition coefficient (Wildman–Crippen LogP) is 2.32. The van der Waals surface area contributed by atoms with E-state index >= 15 is 0 Å². The van der Waals surface area contributed by atoms with Crippen LogP contribution in [0.25, 0.3) is 0 Å². The molecule has 4 heterocycles. The molecule has 0 aromatic rings. The third-order valence-electron chi connectivity index (χ3n) is 10.5. The summed E-state index contributed by atoms with van der Waals surface area (Å²) < 4.78 is 32.2. The van der Waals surface area contributed by atoms with Crippen molar-refractivity contribution in [2.75, 3.05) is 74.1 Å². The first kappa shape index (κ1) is 35.7. The summed E-state index contributed by atoms with van der Waals surface area (Å²) in [6.45, 7) is 19.6. The number of nitrogens with zero attached hydrogens (tertiary/aromatic N) is 4. The number of methoxy groups -OCH3 is 1. The highest BCUT2D eigenvalue weighted by Gasteiger charge is 2.59. The van der Waals surface area contributed by atoms with Gasteiger partial charge in [0.2, 0.25) is 0 Å². The molecule has 0 amide bonds. The Balaban J connectivity index is 1.64. The summed E-state index contributed by atoms with van der Waals surface area (Å²) in [4.78, 5) is 37.2. The lowest BCUT2D eigenvalue weighted by Gasteiger charge is -2.55. The van der Waals surface area contributed by atoms with Crippen molar-refractivity contribution in [3.8, 4) is 0 Å². The number of carbonyl (C=O) groups excluding carboxylic acids is 2. The van der Waals surface area contributed by atoms with Gasteiger partial charge in [-0.05, 0) is 68.1 Å². The Hall–Kier alpha value is -1.18. The van der Waals surface area contributed by atoms with Crippen LogP contribution < -0.4 is 0 Å². The fraction of sp³-hybridized carbons (Fsp3) is 0.939.